The molecule has 0 N–H and O–H groups in total. The van der Waals surface area contributed by atoms with Crippen LogP contribution in [-0.4, -0.2) is 9.55 Å². The minimum absolute atomic E-state index is 0.0675. The van der Waals surface area contributed by atoms with Gasteiger partial charge >= 0.3 is 0 Å². The van der Waals surface area contributed by atoms with Gasteiger partial charge in [-0.15, -0.1) is 11.6 Å². The van der Waals surface area contributed by atoms with Crippen molar-refractivity contribution in [2.45, 2.75) is 16.8 Å². The highest BCUT2D eigenvalue weighted by Crippen LogP contribution is 2.25. The minimum atomic E-state index is -0.533. The summed E-state index contributed by atoms with van der Waals surface area (Å²) in [6.07, 6.45) is 1.66. The summed E-state index contributed by atoms with van der Waals surface area (Å²) >= 11 is 7.00. The minimum Gasteiger partial charge on any atom is -0.325 e. The van der Waals surface area contributed by atoms with Crippen molar-refractivity contribution in [3.8, 4) is 0 Å². The van der Waals surface area contributed by atoms with E-state index >= 15 is 0 Å². The van der Waals surface area contributed by atoms with E-state index in [2.05, 4.69) is 4.98 Å². The Morgan fingerprint density at radius 3 is 2.56 bits per heavy atom. The molecule has 0 radical (unpaired) electrons. The third kappa shape index (κ3) is 2.67. The van der Waals surface area contributed by atoms with E-state index in [4.69, 9.17) is 11.6 Å². The maximum Gasteiger partial charge on any atom is 0.168 e. The summed E-state index contributed by atoms with van der Waals surface area (Å²) in [6.45, 7) is 0. The number of imidazole rings is 1. The Labute approximate surface area is 113 Å². The maximum absolute atomic E-state index is 13.4. The van der Waals surface area contributed by atoms with Crippen LogP contribution in [0.25, 0.3) is 0 Å². The highest BCUT2D eigenvalue weighted by Gasteiger charge is 2.11. The van der Waals surface area contributed by atoms with Crippen LogP contribution in [0.4, 0.5) is 8.78 Å². The highest BCUT2D eigenvalue weighted by molar-refractivity contribution is 7.98. The molecule has 18 heavy (non-hydrogen) atoms. The van der Waals surface area contributed by atoms with Gasteiger partial charge in [-0.25, -0.2) is 13.8 Å². The molecule has 0 aliphatic rings. The molecule has 1 aromatic carbocycles. The number of halogens is 3. The van der Waals surface area contributed by atoms with Gasteiger partial charge in [-0.2, -0.15) is 0 Å². The van der Waals surface area contributed by atoms with Gasteiger partial charge in [0.05, 0.1) is 17.8 Å². The van der Waals surface area contributed by atoms with Gasteiger partial charge in [0.1, 0.15) is 11.6 Å². The van der Waals surface area contributed by atoms with E-state index in [1.807, 2.05) is 11.6 Å². The lowest BCUT2D eigenvalue weighted by Gasteiger charge is -2.05. The molecule has 0 aliphatic heterocycles. The third-order valence-electron chi connectivity index (χ3n) is 2.59. The summed E-state index contributed by atoms with van der Waals surface area (Å²) < 4.78 is 28.7. The topological polar surface area (TPSA) is 17.8 Å². The van der Waals surface area contributed by atoms with Crippen molar-refractivity contribution in [1.29, 1.82) is 0 Å². The summed E-state index contributed by atoms with van der Waals surface area (Å²) in [4.78, 5) is 4.16. The Kier molecular flexibility index (Phi) is 4.24. The van der Waals surface area contributed by atoms with Crippen LogP contribution >= 0.6 is 23.4 Å². The average Bonchev–Trinajstić information content (AvgIpc) is 2.70. The number of rotatable bonds is 4. The number of nitrogens with zero attached hydrogens (tertiary/aromatic N) is 2. The molecular weight excluding hydrogens is 278 g/mol. The third-order valence-corrected chi connectivity index (χ3v) is 3.93. The Hall–Kier alpha value is -1.07. The van der Waals surface area contributed by atoms with Gasteiger partial charge in [-0.05, 0) is 12.1 Å². The van der Waals surface area contributed by atoms with Gasteiger partial charge in [0, 0.05) is 18.4 Å². The Morgan fingerprint density at radius 2 is 2.00 bits per heavy atom. The lowest BCUT2D eigenvalue weighted by molar-refractivity contribution is 0.566. The standard InChI is InChI=1S/C12H11ClF2N2S/c1-17-8(5-13)6-16-12(17)18-7-9-10(14)3-2-4-11(9)15/h2-4,6H,5,7H2,1H3. The van der Waals surface area contributed by atoms with Gasteiger partial charge in [-0.1, -0.05) is 17.8 Å². The van der Waals surface area contributed by atoms with E-state index in [9.17, 15) is 8.78 Å². The van der Waals surface area contributed by atoms with E-state index in [1.165, 1.54) is 30.0 Å². The molecular formula is C12H11ClF2N2S. The van der Waals surface area contributed by atoms with Gasteiger partial charge < -0.3 is 4.57 Å². The normalized spacial score (nSPS) is 10.9. The first-order valence-electron chi connectivity index (χ1n) is 5.25. The summed E-state index contributed by atoms with van der Waals surface area (Å²) in [7, 11) is 1.82. The fourth-order valence-corrected chi connectivity index (χ4v) is 2.73. The summed E-state index contributed by atoms with van der Waals surface area (Å²) in [6, 6.07) is 3.86. The molecule has 0 amide bonds. The van der Waals surface area contributed by atoms with Crippen molar-refractivity contribution < 1.29 is 8.78 Å². The number of aromatic nitrogens is 2. The number of benzene rings is 1. The van der Waals surface area contributed by atoms with Gasteiger partial charge in [0.2, 0.25) is 0 Å². The molecule has 0 unspecified atom stereocenters. The molecule has 6 heteroatoms. The van der Waals surface area contributed by atoms with Crippen LogP contribution in [0.3, 0.4) is 0 Å². The zero-order valence-electron chi connectivity index (χ0n) is 9.66. The molecule has 0 spiro atoms. The smallest absolute Gasteiger partial charge is 0.168 e. The first kappa shape index (κ1) is 13.4. The Morgan fingerprint density at radius 1 is 1.33 bits per heavy atom. The van der Waals surface area contributed by atoms with E-state index in [-0.39, 0.29) is 11.3 Å². The molecule has 0 saturated heterocycles. The average molecular weight is 289 g/mol. The first-order chi connectivity index (χ1) is 8.63. The summed E-state index contributed by atoms with van der Waals surface area (Å²) in [5, 5.41) is 0.688. The molecule has 2 nitrogen and oxygen atoms in total. The summed E-state index contributed by atoms with van der Waals surface area (Å²) in [5.41, 5.74) is 0.936. The van der Waals surface area contributed by atoms with Crippen LogP contribution in [0.15, 0.2) is 29.6 Å². The molecule has 0 fully saturated rings. The first-order valence-corrected chi connectivity index (χ1v) is 6.77. The van der Waals surface area contributed by atoms with Crippen molar-refractivity contribution in [2.75, 3.05) is 0 Å². The van der Waals surface area contributed by atoms with Crippen LogP contribution in [0.5, 0.6) is 0 Å². The van der Waals surface area contributed by atoms with Crippen LogP contribution in [0.2, 0.25) is 0 Å². The number of alkyl halides is 1. The Balaban J connectivity index is 2.14. The highest BCUT2D eigenvalue weighted by atomic mass is 35.5. The van der Waals surface area contributed by atoms with Crippen molar-refractivity contribution >= 4 is 23.4 Å². The van der Waals surface area contributed by atoms with Crippen molar-refractivity contribution in [2.24, 2.45) is 7.05 Å². The monoisotopic (exact) mass is 288 g/mol. The molecule has 0 bridgehead atoms. The quantitative estimate of drug-likeness (QED) is 0.630. The lowest BCUT2D eigenvalue weighted by Crippen LogP contribution is -1.97. The molecule has 2 aromatic rings. The molecule has 2 rings (SSSR count). The Bertz CT molecular complexity index is 537. The number of hydrogen-bond acceptors (Lipinski definition) is 2. The van der Waals surface area contributed by atoms with E-state index in [0.717, 1.165) is 5.69 Å². The van der Waals surface area contributed by atoms with Crippen molar-refractivity contribution in [3.63, 3.8) is 0 Å². The van der Waals surface area contributed by atoms with Crippen LogP contribution in [-0.2, 0) is 18.7 Å². The molecule has 0 atom stereocenters. The second kappa shape index (κ2) is 5.71. The van der Waals surface area contributed by atoms with E-state index in [0.29, 0.717) is 11.0 Å². The van der Waals surface area contributed by atoms with E-state index in [1.54, 1.807) is 6.20 Å². The van der Waals surface area contributed by atoms with Crippen LogP contribution in [0, 0.1) is 11.6 Å². The summed E-state index contributed by atoms with van der Waals surface area (Å²) in [5.74, 6) is -0.507. The lowest BCUT2D eigenvalue weighted by atomic mass is 10.2. The molecule has 1 heterocycles. The molecule has 1 aromatic heterocycles. The number of thioether (sulfide) groups is 1. The zero-order chi connectivity index (χ0) is 13.1. The van der Waals surface area contributed by atoms with Crippen molar-refractivity contribution in [1.82, 2.24) is 9.55 Å². The predicted octanol–water partition coefficient (Wildman–Crippen LogP) is 3.73. The second-order valence-corrected chi connectivity index (χ2v) is 4.92. The number of hydrogen-bond donors (Lipinski definition) is 0. The largest absolute Gasteiger partial charge is 0.325 e. The molecule has 96 valence electrons. The van der Waals surface area contributed by atoms with Crippen LogP contribution in [0.1, 0.15) is 11.3 Å². The molecule has 0 aliphatic carbocycles. The second-order valence-electron chi connectivity index (χ2n) is 3.71. The fourth-order valence-electron chi connectivity index (χ4n) is 1.49. The maximum atomic E-state index is 13.4. The molecule has 0 saturated carbocycles. The van der Waals surface area contributed by atoms with Gasteiger partial charge in [0.15, 0.2) is 5.16 Å². The van der Waals surface area contributed by atoms with E-state index < -0.39 is 11.6 Å². The fraction of sp³-hybridized carbons (Fsp3) is 0.250. The van der Waals surface area contributed by atoms with Gasteiger partial charge in [-0.3, -0.25) is 0 Å². The van der Waals surface area contributed by atoms with Crippen LogP contribution < -0.4 is 0 Å². The SMILES string of the molecule is Cn1c(CCl)cnc1SCc1c(F)cccc1F. The van der Waals surface area contributed by atoms with Crippen molar-refractivity contribution in [3.05, 3.63) is 47.3 Å². The van der Waals surface area contributed by atoms with Gasteiger partial charge in [0.25, 0.3) is 0 Å². The zero-order valence-corrected chi connectivity index (χ0v) is 11.2. The predicted molar refractivity (Wildman–Crippen MR) is 68.7 cm³/mol.